The normalized spacial score (nSPS) is 33.3. The van der Waals surface area contributed by atoms with E-state index in [4.69, 9.17) is 0 Å². The maximum atomic E-state index is 13.1. The maximum Gasteiger partial charge on any atom is 0.436 e. The van der Waals surface area contributed by atoms with Gasteiger partial charge in [-0.2, -0.15) is 18.3 Å². The van der Waals surface area contributed by atoms with Gasteiger partial charge in [-0.05, 0) is 91.5 Å². The third-order valence-electron chi connectivity index (χ3n) is 6.89. The van der Waals surface area contributed by atoms with E-state index in [9.17, 15) is 18.0 Å². The largest absolute Gasteiger partial charge is 0.436 e. The highest BCUT2D eigenvalue weighted by Crippen LogP contribution is 2.59. The minimum absolute atomic E-state index is 0.101. The van der Waals surface area contributed by atoms with Gasteiger partial charge in [0.25, 0.3) is 0 Å². The summed E-state index contributed by atoms with van der Waals surface area (Å²) in [5, 5.41) is 6.70. The molecule has 0 aromatic carbocycles. The first kappa shape index (κ1) is 19.3. The molecule has 4 bridgehead atoms. The third-order valence-corrected chi connectivity index (χ3v) is 7.84. The number of halogens is 4. The molecular weight excluding hydrogens is 423 g/mol. The Morgan fingerprint density at radius 1 is 1.26 bits per heavy atom. The summed E-state index contributed by atoms with van der Waals surface area (Å²) < 4.78 is 40.3. The van der Waals surface area contributed by atoms with Gasteiger partial charge < -0.3 is 5.32 Å². The molecule has 1 unspecified atom stereocenters. The molecule has 4 nitrogen and oxygen atoms in total. The molecule has 1 amide bonds. The van der Waals surface area contributed by atoms with Crippen molar-refractivity contribution in [1.82, 2.24) is 15.1 Å². The number of carbonyl (C=O) groups excluding carboxylic acids is 1. The molecule has 1 aromatic rings. The van der Waals surface area contributed by atoms with Crippen molar-refractivity contribution in [1.29, 1.82) is 0 Å². The van der Waals surface area contributed by atoms with Crippen molar-refractivity contribution in [2.75, 3.05) is 6.54 Å². The van der Waals surface area contributed by atoms with E-state index in [0.717, 1.165) is 17.8 Å². The molecule has 1 aromatic heterocycles. The molecule has 1 N–H and O–H groups in total. The molecule has 1 heterocycles. The lowest BCUT2D eigenvalue weighted by molar-refractivity contribution is -0.142. The van der Waals surface area contributed by atoms with E-state index in [2.05, 4.69) is 26.3 Å². The minimum atomic E-state index is -4.55. The summed E-state index contributed by atoms with van der Waals surface area (Å²) in [6, 6.07) is -0.786. The van der Waals surface area contributed by atoms with Crippen LogP contribution in [0.25, 0.3) is 0 Å². The van der Waals surface area contributed by atoms with Crippen molar-refractivity contribution in [2.45, 2.75) is 64.6 Å². The number of hydrogen-bond acceptors (Lipinski definition) is 2. The number of nitrogens with one attached hydrogen (secondary N) is 1. The van der Waals surface area contributed by atoms with Gasteiger partial charge >= 0.3 is 6.18 Å². The zero-order valence-corrected chi connectivity index (χ0v) is 17.2. The Morgan fingerprint density at radius 3 is 2.22 bits per heavy atom. The molecule has 4 aliphatic rings. The van der Waals surface area contributed by atoms with Gasteiger partial charge in [0.15, 0.2) is 5.69 Å². The maximum absolute atomic E-state index is 13.1. The van der Waals surface area contributed by atoms with Gasteiger partial charge in [0.2, 0.25) is 5.91 Å². The van der Waals surface area contributed by atoms with Crippen molar-refractivity contribution in [2.24, 2.45) is 23.2 Å². The SMILES string of the molecule is Cc1c(Br)c(C(F)(F)F)nn1C(C)C(=O)NCC12CC3CC(CC(C3)C1)C2. The molecule has 8 heteroatoms. The third kappa shape index (κ3) is 3.42. The summed E-state index contributed by atoms with van der Waals surface area (Å²) in [6.45, 7) is 3.77. The molecule has 0 saturated heterocycles. The first-order chi connectivity index (χ1) is 12.6. The van der Waals surface area contributed by atoms with Crippen molar-refractivity contribution < 1.29 is 18.0 Å². The number of alkyl halides is 3. The number of amides is 1. The fraction of sp³-hybridized carbons (Fsp3) is 0.789. The number of aromatic nitrogens is 2. The van der Waals surface area contributed by atoms with Gasteiger partial charge in [-0.3, -0.25) is 9.48 Å². The fourth-order valence-electron chi connectivity index (χ4n) is 6.10. The monoisotopic (exact) mass is 447 g/mol. The van der Waals surface area contributed by atoms with Crippen molar-refractivity contribution in [3.05, 3.63) is 15.9 Å². The fourth-order valence-corrected chi connectivity index (χ4v) is 6.58. The summed E-state index contributed by atoms with van der Waals surface area (Å²) in [4.78, 5) is 12.7. The Kier molecular flexibility index (Phi) is 4.63. The van der Waals surface area contributed by atoms with Crippen LogP contribution in [0.4, 0.5) is 13.2 Å². The van der Waals surface area contributed by atoms with Crippen molar-refractivity contribution in [3.8, 4) is 0 Å². The molecule has 0 aliphatic heterocycles. The van der Waals surface area contributed by atoms with Crippen LogP contribution in [0, 0.1) is 30.1 Å². The zero-order chi connectivity index (χ0) is 19.6. The standard InChI is InChI=1S/C19H25BrF3N3O/c1-10-15(20)16(19(21,22)23)25-26(10)11(2)17(27)24-9-18-6-12-3-13(7-18)5-14(4-12)8-18/h11-14H,3-9H2,1-2H3,(H,24,27). The van der Waals surface area contributed by atoms with E-state index in [1.54, 1.807) is 6.92 Å². The molecule has 5 rings (SSSR count). The molecular formula is C19H25BrF3N3O. The van der Waals surface area contributed by atoms with Gasteiger partial charge in [0.1, 0.15) is 6.04 Å². The number of hydrogen-bond donors (Lipinski definition) is 1. The smallest absolute Gasteiger partial charge is 0.354 e. The lowest BCUT2D eigenvalue weighted by Crippen LogP contribution is -2.51. The number of rotatable bonds is 4. The van der Waals surface area contributed by atoms with E-state index in [0.29, 0.717) is 12.2 Å². The highest BCUT2D eigenvalue weighted by atomic mass is 79.9. The second-order valence-electron chi connectivity index (χ2n) is 9.00. The zero-order valence-electron chi connectivity index (χ0n) is 15.6. The molecule has 4 aliphatic carbocycles. The highest BCUT2D eigenvalue weighted by molar-refractivity contribution is 9.10. The molecule has 150 valence electrons. The molecule has 27 heavy (non-hydrogen) atoms. The summed E-state index contributed by atoms with van der Waals surface area (Å²) in [5.41, 5.74) is -0.485. The van der Waals surface area contributed by atoms with Crippen molar-refractivity contribution in [3.63, 3.8) is 0 Å². The predicted molar refractivity (Wildman–Crippen MR) is 98.0 cm³/mol. The first-order valence-corrected chi connectivity index (χ1v) is 10.5. The van der Waals surface area contributed by atoms with E-state index in [1.165, 1.54) is 50.1 Å². The second kappa shape index (κ2) is 6.49. The average molecular weight is 448 g/mol. The first-order valence-electron chi connectivity index (χ1n) is 9.67. The Morgan fingerprint density at radius 2 is 1.78 bits per heavy atom. The summed E-state index contributed by atoms with van der Waals surface area (Å²) in [6.07, 6.45) is 3.00. The quantitative estimate of drug-likeness (QED) is 0.715. The van der Waals surface area contributed by atoms with Gasteiger partial charge in [-0.25, -0.2) is 0 Å². The summed E-state index contributed by atoms with van der Waals surface area (Å²) in [5.74, 6) is 2.12. The minimum Gasteiger partial charge on any atom is -0.354 e. The van der Waals surface area contributed by atoms with E-state index in [1.807, 2.05) is 0 Å². The van der Waals surface area contributed by atoms with Gasteiger partial charge in [0, 0.05) is 6.54 Å². The topological polar surface area (TPSA) is 46.9 Å². The van der Waals surface area contributed by atoms with Crippen LogP contribution >= 0.6 is 15.9 Å². The van der Waals surface area contributed by atoms with Gasteiger partial charge in [-0.1, -0.05) is 0 Å². The van der Waals surface area contributed by atoms with Crippen LogP contribution in [0.5, 0.6) is 0 Å². The van der Waals surface area contributed by atoms with Gasteiger partial charge in [0.05, 0.1) is 10.2 Å². The molecule has 4 fully saturated rings. The van der Waals surface area contributed by atoms with Crippen LogP contribution in [0.15, 0.2) is 4.47 Å². The Balaban J connectivity index is 1.45. The van der Waals surface area contributed by atoms with Gasteiger partial charge in [-0.15, -0.1) is 0 Å². The Hall–Kier alpha value is -1.05. The van der Waals surface area contributed by atoms with E-state index >= 15 is 0 Å². The van der Waals surface area contributed by atoms with E-state index in [-0.39, 0.29) is 15.8 Å². The lowest BCUT2D eigenvalue weighted by atomic mass is 9.49. The number of nitrogens with zero attached hydrogens (tertiary/aromatic N) is 2. The molecule has 1 atom stereocenters. The van der Waals surface area contributed by atoms with Crippen LogP contribution in [0.2, 0.25) is 0 Å². The highest BCUT2D eigenvalue weighted by Gasteiger charge is 2.50. The van der Waals surface area contributed by atoms with Crippen molar-refractivity contribution >= 4 is 21.8 Å². The molecule has 0 spiro atoms. The van der Waals surface area contributed by atoms with Crippen LogP contribution in [0.1, 0.15) is 62.9 Å². The number of carbonyl (C=O) groups is 1. The molecule has 4 saturated carbocycles. The Bertz CT molecular complexity index is 723. The van der Waals surface area contributed by atoms with Crippen LogP contribution in [-0.4, -0.2) is 22.2 Å². The predicted octanol–water partition coefficient (Wildman–Crippen LogP) is 4.87. The molecule has 0 radical (unpaired) electrons. The van der Waals surface area contributed by atoms with E-state index < -0.39 is 17.9 Å². The van der Waals surface area contributed by atoms with Crippen LogP contribution in [0.3, 0.4) is 0 Å². The second-order valence-corrected chi connectivity index (χ2v) is 9.79. The Labute approximate surface area is 165 Å². The van der Waals surface area contributed by atoms with Crippen LogP contribution < -0.4 is 5.32 Å². The van der Waals surface area contributed by atoms with Crippen LogP contribution in [-0.2, 0) is 11.0 Å². The lowest BCUT2D eigenvalue weighted by Gasteiger charge is -2.57. The summed E-state index contributed by atoms with van der Waals surface area (Å²) in [7, 11) is 0. The summed E-state index contributed by atoms with van der Waals surface area (Å²) >= 11 is 2.97. The average Bonchev–Trinajstić information content (AvgIpc) is 2.86.